The lowest BCUT2D eigenvalue weighted by molar-refractivity contribution is -0.137. The van der Waals surface area contributed by atoms with Gasteiger partial charge >= 0.3 is 12.2 Å². The predicted octanol–water partition coefficient (Wildman–Crippen LogP) is 5.24. The van der Waals surface area contributed by atoms with E-state index in [0.29, 0.717) is 37.6 Å². The van der Waals surface area contributed by atoms with E-state index in [1.54, 1.807) is 20.8 Å². The number of hydrogen-bond donors (Lipinski definition) is 0. The van der Waals surface area contributed by atoms with Gasteiger partial charge in [-0.2, -0.15) is 50.1 Å². The molecule has 52 heavy (non-hydrogen) atoms. The average molecular weight is 791 g/mol. The molecule has 1 aromatic heterocycles. The minimum absolute atomic E-state index is 0. The van der Waals surface area contributed by atoms with Gasteiger partial charge in [0.1, 0.15) is 18.5 Å². The van der Waals surface area contributed by atoms with Gasteiger partial charge in [0, 0.05) is 63.4 Å². The maximum atomic E-state index is 14.1. The standard InChI is InChI=1S/C34H40ClF5N8O2.2H2S/c1-41-18-24-19-47(16-17-48(24)29(49)9-5-13-45-15-11-33(36,37)22-45)31-25-10-14-46(28-8-3-7-26(35)30(28)34(38,39)40)20-27(25)42-32(43-31)50-21-23-6-4-12-44(23)2;;/h3,5,7-9,23-24H,4,6,10-22H2,2H3;2*1H2/b9-5+;;/t23-,24-;;/m0../s1. The second kappa shape index (κ2) is 17.4. The minimum Gasteiger partial charge on any atom is -0.462 e. The number of rotatable bonds is 9. The molecule has 18 heteroatoms. The highest BCUT2D eigenvalue weighted by atomic mass is 35.5. The third kappa shape index (κ3) is 9.54. The molecule has 10 nitrogen and oxygen atoms in total. The lowest BCUT2D eigenvalue weighted by Crippen LogP contribution is -2.56. The number of ether oxygens (including phenoxy) is 1. The number of carbonyl (C=O) groups is 1. The van der Waals surface area contributed by atoms with Crippen LogP contribution in [0, 0.1) is 6.57 Å². The van der Waals surface area contributed by atoms with Crippen LogP contribution >= 0.6 is 38.6 Å². The van der Waals surface area contributed by atoms with Gasteiger partial charge in [0.15, 0.2) is 0 Å². The van der Waals surface area contributed by atoms with Crippen molar-refractivity contribution in [3.05, 3.63) is 63.6 Å². The van der Waals surface area contributed by atoms with Crippen LogP contribution in [0.3, 0.4) is 0 Å². The Balaban J connectivity index is 0.00000302. The van der Waals surface area contributed by atoms with Crippen LogP contribution < -0.4 is 14.5 Å². The Kier molecular flexibility index (Phi) is 14.0. The first-order valence-electron chi connectivity index (χ1n) is 16.8. The fraction of sp³-hybridized carbons (Fsp3) is 0.588. The van der Waals surface area contributed by atoms with Crippen molar-refractivity contribution in [2.75, 3.05) is 82.4 Å². The summed E-state index contributed by atoms with van der Waals surface area (Å²) in [5.41, 5.74) is 0.405. The van der Waals surface area contributed by atoms with E-state index in [0.717, 1.165) is 24.9 Å². The molecule has 0 saturated carbocycles. The van der Waals surface area contributed by atoms with Crippen LogP contribution in [0.4, 0.5) is 33.5 Å². The summed E-state index contributed by atoms with van der Waals surface area (Å²) in [6.45, 7) is 10.4. The normalized spacial score (nSPS) is 22.2. The van der Waals surface area contributed by atoms with E-state index >= 15 is 0 Å². The molecule has 0 aliphatic carbocycles. The van der Waals surface area contributed by atoms with Crippen LogP contribution in [0.1, 0.15) is 36.1 Å². The molecule has 0 unspecified atom stereocenters. The number of fused-ring (bicyclic) bond motifs is 1. The van der Waals surface area contributed by atoms with Crippen LogP contribution in [0.2, 0.25) is 5.02 Å². The van der Waals surface area contributed by atoms with Gasteiger partial charge in [0.25, 0.3) is 5.92 Å². The molecule has 6 rings (SSSR count). The molecular weight excluding hydrogens is 747 g/mol. The molecule has 0 bridgehead atoms. The Morgan fingerprint density at radius 2 is 1.90 bits per heavy atom. The topological polar surface area (TPSA) is 72.6 Å². The van der Waals surface area contributed by atoms with Gasteiger partial charge in [-0.1, -0.05) is 23.7 Å². The smallest absolute Gasteiger partial charge is 0.419 e. The summed E-state index contributed by atoms with van der Waals surface area (Å²) in [7, 11) is 2.03. The summed E-state index contributed by atoms with van der Waals surface area (Å²) < 4.78 is 75.6. The first-order chi connectivity index (χ1) is 23.8. The monoisotopic (exact) mass is 790 g/mol. The van der Waals surface area contributed by atoms with E-state index in [1.807, 2.05) is 11.9 Å². The number of aromatic nitrogens is 2. The molecular formula is C34H44ClF5N8O2S2. The van der Waals surface area contributed by atoms with Crippen LogP contribution in [0.25, 0.3) is 4.85 Å². The number of nitrogens with zero attached hydrogens (tertiary/aromatic N) is 8. The highest BCUT2D eigenvalue weighted by molar-refractivity contribution is 7.59. The number of carbonyl (C=O) groups excluding carboxylic acids is 1. The average Bonchev–Trinajstić information content (AvgIpc) is 3.65. The molecule has 3 fully saturated rings. The van der Waals surface area contributed by atoms with Crippen LogP contribution in [0.5, 0.6) is 6.01 Å². The van der Waals surface area contributed by atoms with Crippen molar-refractivity contribution < 1.29 is 31.5 Å². The minimum atomic E-state index is -4.65. The fourth-order valence-electron chi connectivity index (χ4n) is 7.30. The van der Waals surface area contributed by atoms with Crippen molar-refractivity contribution in [1.82, 2.24) is 24.7 Å². The van der Waals surface area contributed by atoms with Crippen molar-refractivity contribution >= 4 is 56.0 Å². The Morgan fingerprint density at radius 3 is 2.58 bits per heavy atom. The lowest BCUT2D eigenvalue weighted by atomic mass is 10.0. The van der Waals surface area contributed by atoms with E-state index in [-0.39, 0.29) is 108 Å². The first kappa shape index (κ1) is 41.7. The van der Waals surface area contributed by atoms with Gasteiger partial charge in [-0.3, -0.25) is 9.69 Å². The third-order valence-electron chi connectivity index (χ3n) is 9.96. The molecule has 2 atom stereocenters. The van der Waals surface area contributed by atoms with Crippen LogP contribution in [-0.4, -0.2) is 121 Å². The molecule has 2 aromatic rings. The highest BCUT2D eigenvalue weighted by Crippen LogP contribution is 2.43. The summed E-state index contributed by atoms with van der Waals surface area (Å²) in [5, 5.41) is -0.375. The number of alkyl halides is 5. The Bertz CT molecular complexity index is 1650. The van der Waals surface area contributed by atoms with Gasteiger partial charge < -0.3 is 29.2 Å². The Hall–Kier alpha value is -3.04. The van der Waals surface area contributed by atoms with Crippen LogP contribution in [0.15, 0.2) is 30.4 Å². The molecule has 4 aliphatic rings. The number of likely N-dealkylation sites (N-methyl/N-ethyl adjacent to an activating group) is 1. The number of amides is 1. The zero-order valence-corrected chi connectivity index (χ0v) is 31.6. The maximum Gasteiger partial charge on any atom is 0.419 e. The first-order valence-corrected chi connectivity index (χ1v) is 17.2. The molecule has 3 saturated heterocycles. The molecule has 0 radical (unpaired) electrons. The van der Waals surface area contributed by atoms with Crippen LogP contribution in [-0.2, 0) is 23.9 Å². The Labute approximate surface area is 319 Å². The lowest BCUT2D eigenvalue weighted by Gasteiger charge is -2.41. The van der Waals surface area contributed by atoms with E-state index in [1.165, 1.54) is 24.3 Å². The largest absolute Gasteiger partial charge is 0.462 e. The summed E-state index contributed by atoms with van der Waals surface area (Å²) in [4.78, 5) is 35.4. The molecule has 4 aliphatic heterocycles. The fourth-order valence-corrected chi connectivity index (χ4v) is 7.58. The van der Waals surface area contributed by atoms with Gasteiger partial charge in [0.05, 0.1) is 35.1 Å². The number of halogens is 6. The van der Waals surface area contributed by atoms with Crippen molar-refractivity contribution in [2.45, 2.75) is 56.4 Å². The SMILES string of the molecule is S.S.[C-]#[N+]C[C@H]1CN(c2nc(OC[C@@H]3CCCN3C)nc3c2CCN(c2cccc(Cl)c2C(F)(F)F)C3)CCN1C(=O)/C=C/CN1CCC(F)(F)C1. The van der Waals surface area contributed by atoms with E-state index < -0.39 is 23.7 Å². The summed E-state index contributed by atoms with van der Waals surface area (Å²) in [6, 6.07) is 3.97. The predicted molar refractivity (Wildman–Crippen MR) is 199 cm³/mol. The van der Waals surface area contributed by atoms with E-state index in [4.69, 9.17) is 32.9 Å². The molecule has 0 spiro atoms. The van der Waals surface area contributed by atoms with Crippen molar-refractivity contribution in [1.29, 1.82) is 0 Å². The molecule has 5 heterocycles. The maximum absolute atomic E-state index is 14.1. The van der Waals surface area contributed by atoms with Crippen molar-refractivity contribution in [3.8, 4) is 6.01 Å². The van der Waals surface area contributed by atoms with E-state index in [2.05, 4.69) is 9.74 Å². The van der Waals surface area contributed by atoms with Crippen molar-refractivity contribution in [2.24, 2.45) is 0 Å². The van der Waals surface area contributed by atoms with Crippen molar-refractivity contribution in [3.63, 3.8) is 0 Å². The van der Waals surface area contributed by atoms with Gasteiger partial charge in [-0.15, -0.1) is 0 Å². The molecule has 0 N–H and O–H groups in total. The highest BCUT2D eigenvalue weighted by Gasteiger charge is 2.40. The second-order valence-electron chi connectivity index (χ2n) is 13.4. The van der Waals surface area contributed by atoms with Gasteiger partial charge in [-0.05, 0) is 45.0 Å². The quantitative estimate of drug-likeness (QED) is 0.194. The number of benzene rings is 1. The Morgan fingerprint density at radius 1 is 1.12 bits per heavy atom. The third-order valence-corrected chi connectivity index (χ3v) is 10.3. The number of hydrogen-bond acceptors (Lipinski definition) is 8. The number of likely N-dealkylation sites (tertiary alicyclic amines) is 2. The summed E-state index contributed by atoms with van der Waals surface area (Å²) in [5.74, 6) is -2.43. The summed E-state index contributed by atoms with van der Waals surface area (Å²) in [6.07, 6.45) is 0.489. The molecule has 1 amide bonds. The zero-order valence-electron chi connectivity index (χ0n) is 28.8. The summed E-state index contributed by atoms with van der Waals surface area (Å²) >= 11 is 6.06. The number of piperazine rings is 1. The van der Waals surface area contributed by atoms with E-state index in [9.17, 15) is 26.7 Å². The molecule has 1 aromatic carbocycles. The van der Waals surface area contributed by atoms with Gasteiger partial charge in [-0.25, -0.2) is 15.4 Å². The zero-order chi connectivity index (χ0) is 35.6. The number of anilines is 2. The second-order valence-corrected chi connectivity index (χ2v) is 13.8. The van der Waals surface area contributed by atoms with Gasteiger partial charge in [0.2, 0.25) is 12.5 Å². The molecule has 286 valence electrons.